The average molecular weight is 181 g/mol. The van der Waals surface area contributed by atoms with Crippen molar-refractivity contribution in [1.29, 1.82) is 0 Å². The summed E-state index contributed by atoms with van der Waals surface area (Å²) < 4.78 is 0. The lowest BCUT2D eigenvalue weighted by atomic mass is 9.97. The van der Waals surface area contributed by atoms with Gasteiger partial charge >= 0.3 is 0 Å². The van der Waals surface area contributed by atoms with Gasteiger partial charge in [0, 0.05) is 18.6 Å². The molecule has 13 heavy (non-hydrogen) atoms. The summed E-state index contributed by atoms with van der Waals surface area (Å²) in [5, 5.41) is 0. The second-order valence-corrected chi connectivity index (χ2v) is 4.61. The second kappa shape index (κ2) is 4.80. The van der Waals surface area contributed by atoms with Crippen molar-refractivity contribution in [3.63, 3.8) is 0 Å². The zero-order valence-electron chi connectivity index (χ0n) is 9.51. The van der Waals surface area contributed by atoms with Crippen LogP contribution in [0.1, 0.15) is 47.0 Å². The van der Waals surface area contributed by atoms with E-state index in [1.165, 1.54) is 24.8 Å². The zero-order valence-corrected chi connectivity index (χ0v) is 9.51. The summed E-state index contributed by atoms with van der Waals surface area (Å²) in [6.07, 6.45) is 6.51. The third-order valence-corrected chi connectivity index (χ3v) is 3.09. The molecule has 0 radical (unpaired) electrons. The van der Waals surface area contributed by atoms with Gasteiger partial charge in [-0.05, 0) is 40.5 Å². The highest BCUT2D eigenvalue weighted by atomic mass is 15.2. The van der Waals surface area contributed by atoms with Gasteiger partial charge < -0.3 is 0 Å². The van der Waals surface area contributed by atoms with Gasteiger partial charge in [-0.3, -0.25) is 4.90 Å². The van der Waals surface area contributed by atoms with Crippen molar-refractivity contribution >= 4 is 0 Å². The number of piperidine rings is 1. The maximum Gasteiger partial charge on any atom is 0.0171 e. The molecule has 1 nitrogen and oxygen atoms in total. The maximum atomic E-state index is 2.62. The van der Waals surface area contributed by atoms with Gasteiger partial charge in [0.2, 0.25) is 0 Å². The van der Waals surface area contributed by atoms with E-state index in [2.05, 4.69) is 38.7 Å². The molecular weight excluding hydrogens is 158 g/mol. The van der Waals surface area contributed by atoms with E-state index in [4.69, 9.17) is 0 Å². The Labute approximate surface area is 82.8 Å². The van der Waals surface area contributed by atoms with Gasteiger partial charge in [-0.15, -0.1) is 0 Å². The lowest BCUT2D eigenvalue weighted by molar-refractivity contribution is 0.118. The molecule has 76 valence electrons. The first-order valence-corrected chi connectivity index (χ1v) is 5.50. The van der Waals surface area contributed by atoms with E-state index in [0.29, 0.717) is 0 Å². The van der Waals surface area contributed by atoms with E-state index >= 15 is 0 Å². The standard InChI is InChI=1S/C12H23N/c1-10(2)8-9-13-11(3)6-5-7-12(13)4/h8,11-12H,5-7,9H2,1-4H3. The summed E-state index contributed by atoms with van der Waals surface area (Å²) in [6.45, 7) is 10.2. The molecule has 0 amide bonds. The number of nitrogens with zero attached hydrogens (tertiary/aromatic N) is 1. The third-order valence-electron chi connectivity index (χ3n) is 3.09. The highest BCUT2D eigenvalue weighted by Gasteiger charge is 2.22. The first kappa shape index (κ1) is 10.8. The summed E-state index contributed by atoms with van der Waals surface area (Å²) in [5.74, 6) is 0. The van der Waals surface area contributed by atoms with E-state index in [9.17, 15) is 0 Å². The molecule has 0 bridgehead atoms. The highest BCUT2D eigenvalue weighted by Crippen LogP contribution is 2.22. The molecule has 0 aromatic heterocycles. The number of rotatable bonds is 2. The Kier molecular flexibility index (Phi) is 3.98. The van der Waals surface area contributed by atoms with Crippen molar-refractivity contribution in [3.05, 3.63) is 11.6 Å². The van der Waals surface area contributed by atoms with Crippen molar-refractivity contribution in [1.82, 2.24) is 4.90 Å². The Balaban J connectivity index is 2.49. The molecule has 1 fully saturated rings. The smallest absolute Gasteiger partial charge is 0.0171 e. The Hall–Kier alpha value is -0.300. The third kappa shape index (κ3) is 3.15. The molecule has 1 heteroatoms. The minimum absolute atomic E-state index is 0.777. The molecule has 0 aliphatic carbocycles. The molecule has 1 aliphatic rings. The van der Waals surface area contributed by atoms with Crippen molar-refractivity contribution < 1.29 is 0 Å². The van der Waals surface area contributed by atoms with Gasteiger partial charge in [0.05, 0.1) is 0 Å². The second-order valence-electron chi connectivity index (χ2n) is 4.61. The van der Waals surface area contributed by atoms with Crippen molar-refractivity contribution in [2.45, 2.75) is 59.0 Å². The fourth-order valence-corrected chi connectivity index (χ4v) is 2.12. The first-order valence-electron chi connectivity index (χ1n) is 5.50. The van der Waals surface area contributed by atoms with Crippen LogP contribution in [0.2, 0.25) is 0 Å². The fourth-order valence-electron chi connectivity index (χ4n) is 2.12. The lowest BCUT2D eigenvalue weighted by Crippen LogP contribution is -2.43. The van der Waals surface area contributed by atoms with E-state index < -0.39 is 0 Å². The highest BCUT2D eigenvalue weighted by molar-refractivity contribution is 4.97. The molecule has 0 aromatic rings. The van der Waals surface area contributed by atoms with E-state index in [-0.39, 0.29) is 0 Å². The molecular formula is C12H23N. The molecule has 1 saturated heterocycles. The Bertz CT molecular complexity index is 170. The van der Waals surface area contributed by atoms with Gasteiger partial charge in [0.15, 0.2) is 0 Å². The number of allylic oxidation sites excluding steroid dienone is 1. The van der Waals surface area contributed by atoms with Crippen molar-refractivity contribution in [2.24, 2.45) is 0 Å². The normalized spacial score (nSPS) is 30.2. The predicted molar refractivity (Wildman–Crippen MR) is 58.9 cm³/mol. The van der Waals surface area contributed by atoms with Crippen LogP contribution in [0.3, 0.4) is 0 Å². The minimum Gasteiger partial charge on any atom is -0.294 e. The number of hydrogen-bond acceptors (Lipinski definition) is 1. The van der Waals surface area contributed by atoms with Crippen LogP contribution in [-0.4, -0.2) is 23.5 Å². The zero-order chi connectivity index (χ0) is 9.84. The van der Waals surface area contributed by atoms with Crippen LogP contribution in [-0.2, 0) is 0 Å². The predicted octanol–water partition coefficient (Wildman–Crippen LogP) is 3.22. The molecule has 0 saturated carbocycles. The molecule has 1 heterocycles. The van der Waals surface area contributed by atoms with E-state index in [1.54, 1.807) is 0 Å². The average Bonchev–Trinajstić information content (AvgIpc) is 2.03. The topological polar surface area (TPSA) is 3.24 Å². The Morgan fingerprint density at radius 2 is 1.77 bits per heavy atom. The molecule has 0 N–H and O–H groups in total. The van der Waals surface area contributed by atoms with Crippen molar-refractivity contribution in [2.75, 3.05) is 6.54 Å². The Morgan fingerprint density at radius 1 is 1.23 bits per heavy atom. The van der Waals surface area contributed by atoms with Crippen LogP contribution in [0.5, 0.6) is 0 Å². The molecule has 1 aliphatic heterocycles. The van der Waals surface area contributed by atoms with E-state index in [0.717, 1.165) is 18.6 Å². The quantitative estimate of drug-likeness (QED) is 0.591. The van der Waals surface area contributed by atoms with Gasteiger partial charge in [-0.2, -0.15) is 0 Å². The summed E-state index contributed by atoms with van der Waals surface area (Å²) in [5.41, 5.74) is 1.44. The van der Waals surface area contributed by atoms with Crippen LogP contribution in [0.4, 0.5) is 0 Å². The largest absolute Gasteiger partial charge is 0.294 e. The van der Waals surface area contributed by atoms with Crippen molar-refractivity contribution in [3.8, 4) is 0 Å². The van der Waals surface area contributed by atoms with Gasteiger partial charge in [-0.25, -0.2) is 0 Å². The SMILES string of the molecule is CC(C)=CCN1C(C)CCCC1C. The summed E-state index contributed by atoms with van der Waals surface area (Å²) in [4.78, 5) is 2.62. The molecule has 2 atom stereocenters. The van der Waals surface area contributed by atoms with Gasteiger partial charge in [0.1, 0.15) is 0 Å². The fraction of sp³-hybridized carbons (Fsp3) is 0.833. The minimum atomic E-state index is 0.777. The van der Waals surface area contributed by atoms with Crippen LogP contribution in [0, 0.1) is 0 Å². The van der Waals surface area contributed by atoms with Gasteiger partial charge in [0.25, 0.3) is 0 Å². The molecule has 0 aromatic carbocycles. The molecule has 0 spiro atoms. The summed E-state index contributed by atoms with van der Waals surface area (Å²) >= 11 is 0. The number of hydrogen-bond donors (Lipinski definition) is 0. The van der Waals surface area contributed by atoms with Gasteiger partial charge in [-0.1, -0.05) is 18.1 Å². The summed E-state index contributed by atoms with van der Waals surface area (Å²) in [6, 6.07) is 1.55. The van der Waals surface area contributed by atoms with E-state index in [1.807, 2.05) is 0 Å². The maximum absolute atomic E-state index is 2.62. The lowest BCUT2D eigenvalue weighted by Gasteiger charge is -2.38. The van der Waals surface area contributed by atoms with Crippen LogP contribution in [0.15, 0.2) is 11.6 Å². The molecule has 1 rings (SSSR count). The first-order chi connectivity index (χ1) is 6.11. The molecule has 2 unspecified atom stereocenters. The van der Waals surface area contributed by atoms with Crippen LogP contribution < -0.4 is 0 Å². The summed E-state index contributed by atoms with van der Waals surface area (Å²) in [7, 11) is 0. The number of likely N-dealkylation sites (tertiary alicyclic amines) is 1. The van der Waals surface area contributed by atoms with Crippen LogP contribution in [0.25, 0.3) is 0 Å². The monoisotopic (exact) mass is 181 g/mol. The van der Waals surface area contributed by atoms with Crippen LogP contribution >= 0.6 is 0 Å². The Morgan fingerprint density at radius 3 is 2.23 bits per heavy atom.